The van der Waals surface area contributed by atoms with Gasteiger partial charge in [0.25, 0.3) is 5.69 Å². The molecule has 0 heterocycles. The van der Waals surface area contributed by atoms with Crippen LogP contribution in [0.5, 0.6) is 0 Å². The summed E-state index contributed by atoms with van der Waals surface area (Å²) in [5, 5.41) is 19.0. The van der Waals surface area contributed by atoms with E-state index >= 15 is 0 Å². The van der Waals surface area contributed by atoms with Crippen molar-refractivity contribution in [1.82, 2.24) is 5.32 Å². The quantitative estimate of drug-likeness (QED) is 0.288. The summed E-state index contributed by atoms with van der Waals surface area (Å²) >= 11 is 5.16. The van der Waals surface area contributed by atoms with Crippen LogP contribution in [0.3, 0.4) is 0 Å². The Morgan fingerprint density at radius 2 is 1.72 bits per heavy atom. The largest absolute Gasteiger partial charge is 0.332 e. The molecule has 8 nitrogen and oxygen atoms in total. The first-order chi connectivity index (χ1) is 13.8. The van der Waals surface area contributed by atoms with Gasteiger partial charge in [-0.3, -0.25) is 25.0 Å². The Hall–Kier alpha value is -3.59. The highest BCUT2D eigenvalue weighted by Crippen LogP contribution is 2.23. The van der Waals surface area contributed by atoms with Crippen molar-refractivity contribution in [2.75, 3.05) is 10.6 Å². The van der Waals surface area contributed by atoms with Gasteiger partial charge in [-0.05, 0) is 60.6 Å². The predicted molar refractivity (Wildman–Crippen MR) is 117 cm³/mol. The number of nitrogens with one attached hydrogen (secondary N) is 3. The molecular formula is C20H20N4O4S. The van der Waals surface area contributed by atoms with Gasteiger partial charge in [-0.25, -0.2) is 0 Å². The van der Waals surface area contributed by atoms with E-state index in [0.29, 0.717) is 23.4 Å². The Bertz CT molecular complexity index is 971. The second-order valence-corrected chi connectivity index (χ2v) is 6.41. The number of hydrogen-bond donors (Lipinski definition) is 3. The van der Waals surface area contributed by atoms with Crippen LogP contribution in [0.4, 0.5) is 17.1 Å². The molecule has 0 bridgehead atoms. The minimum absolute atomic E-state index is 0.0234. The van der Waals surface area contributed by atoms with E-state index in [1.54, 1.807) is 25.1 Å². The van der Waals surface area contributed by atoms with E-state index in [1.807, 2.05) is 6.92 Å². The molecule has 150 valence electrons. The monoisotopic (exact) mass is 412 g/mol. The lowest BCUT2D eigenvalue weighted by molar-refractivity contribution is -0.384. The minimum Gasteiger partial charge on any atom is -0.332 e. The molecule has 0 unspecified atom stereocenters. The number of carbonyl (C=O) groups is 2. The van der Waals surface area contributed by atoms with Crippen LogP contribution in [0.15, 0.2) is 48.5 Å². The first kappa shape index (κ1) is 21.7. The summed E-state index contributed by atoms with van der Waals surface area (Å²) in [7, 11) is 0. The van der Waals surface area contributed by atoms with Crippen molar-refractivity contribution in [2.45, 2.75) is 20.3 Å². The summed E-state index contributed by atoms with van der Waals surface area (Å²) in [5.41, 5.74) is 2.72. The topological polar surface area (TPSA) is 113 Å². The molecule has 0 atom stereocenters. The van der Waals surface area contributed by atoms with Crippen LogP contribution in [0.1, 0.15) is 24.5 Å². The molecule has 2 aromatic rings. The number of non-ortho nitro benzene ring substituents is 1. The van der Waals surface area contributed by atoms with Gasteiger partial charge in [-0.1, -0.05) is 13.0 Å². The molecule has 2 rings (SSSR count). The maximum absolute atomic E-state index is 12.0. The molecule has 9 heteroatoms. The van der Waals surface area contributed by atoms with Crippen molar-refractivity contribution in [3.8, 4) is 0 Å². The summed E-state index contributed by atoms with van der Waals surface area (Å²) in [6.45, 7) is 3.59. The van der Waals surface area contributed by atoms with E-state index in [1.165, 1.54) is 36.4 Å². The number of nitro groups is 1. The van der Waals surface area contributed by atoms with Gasteiger partial charge in [0.1, 0.15) is 0 Å². The molecule has 0 radical (unpaired) electrons. The van der Waals surface area contributed by atoms with Crippen LogP contribution in [0.25, 0.3) is 6.08 Å². The predicted octanol–water partition coefficient (Wildman–Crippen LogP) is 3.78. The molecule has 2 amide bonds. The standard InChI is InChI=1S/C20H20N4O4S/c1-3-18(25)21-16-5-4-6-17(13(16)2)22-20(29)23-19(26)12-9-14-7-10-15(11-8-14)24(27)28/h4-12H,3H2,1-2H3,(H,21,25)(H2,22,23,26,29)/b12-9+. The van der Waals surface area contributed by atoms with E-state index in [9.17, 15) is 19.7 Å². The van der Waals surface area contributed by atoms with Gasteiger partial charge in [0, 0.05) is 36.0 Å². The number of thiocarbonyl (C=S) groups is 1. The van der Waals surface area contributed by atoms with E-state index in [-0.39, 0.29) is 16.7 Å². The maximum Gasteiger partial charge on any atom is 0.269 e. The second-order valence-electron chi connectivity index (χ2n) is 6.01. The van der Waals surface area contributed by atoms with Crippen molar-refractivity contribution in [1.29, 1.82) is 0 Å². The molecule has 0 spiro atoms. The smallest absolute Gasteiger partial charge is 0.269 e. The van der Waals surface area contributed by atoms with Crippen LogP contribution in [-0.2, 0) is 9.59 Å². The molecule has 0 aliphatic heterocycles. The van der Waals surface area contributed by atoms with Gasteiger partial charge in [-0.15, -0.1) is 0 Å². The van der Waals surface area contributed by atoms with Gasteiger partial charge >= 0.3 is 0 Å². The Morgan fingerprint density at radius 1 is 1.10 bits per heavy atom. The first-order valence-electron chi connectivity index (χ1n) is 8.74. The molecule has 0 fully saturated rings. The minimum atomic E-state index is -0.491. The summed E-state index contributed by atoms with van der Waals surface area (Å²) in [4.78, 5) is 33.8. The fraction of sp³-hybridized carbons (Fsp3) is 0.150. The van der Waals surface area contributed by atoms with Crippen LogP contribution in [0.2, 0.25) is 0 Å². The average Bonchev–Trinajstić information content (AvgIpc) is 2.69. The van der Waals surface area contributed by atoms with Gasteiger partial charge in [0.2, 0.25) is 11.8 Å². The van der Waals surface area contributed by atoms with E-state index in [0.717, 1.165) is 5.56 Å². The van der Waals surface area contributed by atoms with Gasteiger partial charge in [0.05, 0.1) is 4.92 Å². The number of rotatable bonds is 6. The summed E-state index contributed by atoms with van der Waals surface area (Å²) in [5.74, 6) is -0.550. The Balaban J connectivity index is 1.96. The van der Waals surface area contributed by atoms with Gasteiger partial charge < -0.3 is 10.6 Å². The van der Waals surface area contributed by atoms with Crippen LogP contribution in [0, 0.1) is 17.0 Å². The molecule has 0 aliphatic carbocycles. The van der Waals surface area contributed by atoms with E-state index < -0.39 is 10.8 Å². The first-order valence-corrected chi connectivity index (χ1v) is 9.15. The summed E-state index contributed by atoms with van der Waals surface area (Å²) in [6, 6.07) is 11.1. The summed E-state index contributed by atoms with van der Waals surface area (Å²) < 4.78 is 0. The Kier molecular flexibility index (Phi) is 7.55. The van der Waals surface area contributed by atoms with Gasteiger partial charge in [-0.2, -0.15) is 0 Å². The van der Waals surface area contributed by atoms with Crippen molar-refractivity contribution in [3.63, 3.8) is 0 Å². The average molecular weight is 412 g/mol. The summed E-state index contributed by atoms with van der Waals surface area (Å²) in [6.07, 6.45) is 3.17. The Labute approximate surface area is 173 Å². The molecular weight excluding hydrogens is 392 g/mol. The van der Waals surface area contributed by atoms with Gasteiger partial charge in [0.15, 0.2) is 5.11 Å². The highest BCUT2D eigenvalue weighted by Gasteiger charge is 2.09. The van der Waals surface area contributed by atoms with Crippen LogP contribution >= 0.6 is 12.2 Å². The number of benzene rings is 2. The lowest BCUT2D eigenvalue weighted by Crippen LogP contribution is -2.33. The van der Waals surface area contributed by atoms with E-state index in [4.69, 9.17) is 12.2 Å². The van der Waals surface area contributed by atoms with Crippen molar-refractivity contribution >= 4 is 52.3 Å². The molecule has 2 aromatic carbocycles. The Morgan fingerprint density at radius 3 is 2.31 bits per heavy atom. The third kappa shape index (κ3) is 6.51. The zero-order valence-electron chi connectivity index (χ0n) is 15.9. The molecule has 0 saturated carbocycles. The van der Waals surface area contributed by atoms with Crippen molar-refractivity contribution in [2.24, 2.45) is 0 Å². The fourth-order valence-corrected chi connectivity index (χ4v) is 2.54. The van der Waals surface area contributed by atoms with Crippen molar-refractivity contribution < 1.29 is 14.5 Å². The molecule has 29 heavy (non-hydrogen) atoms. The zero-order chi connectivity index (χ0) is 21.4. The lowest BCUT2D eigenvalue weighted by Gasteiger charge is -2.14. The second kappa shape index (κ2) is 10.1. The zero-order valence-corrected chi connectivity index (χ0v) is 16.7. The van der Waals surface area contributed by atoms with E-state index in [2.05, 4.69) is 16.0 Å². The van der Waals surface area contributed by atoms with Crippen LogP contribution < -0.4 is 16.0 Å². The number of anilines is 2. The molecule has 0 saturated heterocycles. The van der Waals surface area contributed by atoms with Crippen molar-refractivity contribution in [3.05, 3.63) is 69.8 Å². The number of amides is 2. The number of carbonyl (C=O) groups excluding carboxylic acids is 2. The normalized spacial score (nSPS) is 10.4. The maximum atomic E-state index is 12.0. The number of nitro benzene ring substituents is 1. The molecule has 3 N–H and O–H groups in total. The number of hydrogen-bond acceptors (Lipinski definition) is 5. The number of nitrogens with zero attached hydrogens (tertiary/aromatic N) is 1. The fourth-order valence-electron chi connectivity index (χ4n) is 2.33. The molecule has 0 aliphatic rings. The third-order valence-electron chi connectivity index (χ3n) is 3.94. The van der Waals surface area contributed by atoms with Crippen LogP contribution in [-0.4, -0.2) is 21.9 Å². The highest BCUT2D eigenvalue weighted by atomic mass is 32.1. The highest BCUT2D eigenvalue weighted by molar-refractivity contribution is 7.80. The SMILES string of the molecule is CCC(=O)Nc1cccc(NC(=S)NC(=O)/C=C/c2ccc([N+](=O)[O-])cc2)c1C. The molecule has 0 aromatic heterocycles. The third-order valence-corrected chi connectivity index (χ3v) is 4.15. The lowest BCUT2D eigenvalue weighted by atomic mass is 10.1.